The van der Waals surface area contributed by atoms with Gasteiger partial charge in [0, 0.05) is 17.1 Å². The van der Waals surface area contributed by atoms with E-state index in [9.17, 15) is 18.0 Å². The Morgan fingerprint density at radius 3 is 2.16 bits per heavy atom. The van der Waals surface area contributed by atoms with E-state index < -0.39 is 28.5 Å². The van der Waals surface area contributed by atoms with Crippen molar-refractivity contribution in [1.82, 2.24) is 10.2 Å². The highest BCUT2D eigenvalue weighted by atomic mass is 79.9. The molecular weight excluding hydrogens is 554 g/mol. The molecule has 0 radical (unpaired) electrons. The second kappa shape index (κ2) is 12.4. The van der Waals surface area contributed by atoms with Crippen LogP contribution in [-0.2, 0) is 26.2 Å². The van der Waals surface area contributed by atoms with Crippen LogP contribution in [0.15, 0.2) is 88.2 Å². The number of benzene rings is 3. The Bertz CT molecular complexity index is 1330. The SMILES string of the molecule is Cc1cccc(N(CC(=O)N(Cc2ccc(Br)cc2)C(C)C(=O)NC(C)C)S(=O)(=O)c2ccccc2)c1. The largest absolute Gasteiger partial charge is 0.352 e. The molecule has 37 heavy (non-hydrogen) atoms. The molecule has 0 aliphatic carbocycles. The minimum Gasteiger partial charge on any atom is -0.352 e. The highest BCUT2D eigenvalue weighted by molar-refractivity contribution is 9.10. The molecule has 0 aromatic heterocycles. The monoisotopic (exact) mass is 585 g/mol. The zero-order valence-corrected chi connectivity index (χ0v) is 23.8. The normalized spacial score (nSPS) is 12.2. The van der Waals surface area contributed by atoms with E-state index >= 15 is 0 Å². The second-order valence-corrected chi connectivity index (χ2v) is 11.9. The van der Waals surface area contributed by atoms with Gasteiger partial charge in [0.25, 0.3) is 10.0 Å². The molecule has 3 aromatic carbocycles. The predicted molar refractivity (Wildman–Crippen MR) is 150 cm³/mol. The molecule has 1 unspecified atom stereocenters. The minimum atomic E-state index is -4.06. The molecule has 7 nitrogen and oxygen atoms in total. The summed E-state index contributed by atoms with van der Waals surface area (Å²) < 4.78 is 29.4. The van der Waals surface area contributed by atoms with Gasteiger partial charge in [0.2, 0.25) is 11.8 Å². The molecule has 0 aliphatic rings. The van der Waals surface area contributed by atoms with Crippen LogP contribution < -0.4 is 9.62 Å². The van der Waals surface area contributed by atoms with Gasteiger partial charge >= 0.3 is 0 Å². The molecule has 0 aliphatic heterocycles. The van der Waals surface area contributed by atoms with Crippen molar-refractivity contribution in [2.45, 2.75) is 51.2 Å². The summed E-state index contributed by atoms with van der Waals surface area (Å²) in [5, 5.41) is 2.85. The van der Waals surface area contributed by atoms with Gasteiger partial charge in [-0.2, -0.15) is 0 Å². The highest BCUT2D eigenvalue weighted by Crippen LogP contribution is 2.25. The summed E-state index contributed by atoms with van der Waals surface area (Å²) in [6.07, 6.45) is 0. The fraction of sp³-hybridized carbons (Fsp3) is 0.286. The molecule has 3 rings (SSSR count). The van der Waals surface area contributed by atoms with Crippen molar-refractivity contribution in [2.75, 3.05) is 10.8 Å². The lowest BCUT2D eigenvalue weighted by Crippen LogP contribution is -2.52. The number of anilines is 1. The fourth-order valence-corrected chi connectivity index (χ4v) is 5.50. The van der Waals surface area contributed by atoms with Gasteiger partial charge in [-0.15, -0.1) is 0 Å². The average molecular weight is 587 g/mol. The summed E-state index contributed by atoms with van der Waals surface area (Å²) in [5.74, 6) is -0.802. The van der Waals surface area contributed by atoms with E-state index in [-0.39, 0.29) is 23.4 Å². The molecule has 0 saturated carbocycles. The standard InChI is InChI=1S/C28H32BrN3O4S/c1-20(2)30-28(34)22(4)31(18-23-13-15-24(29)16-14-23)27(33)19-32(25-10-8-9-21(3)17-25)37(35,36)26-11-6-5-7-12-26/h5-17,20,22H,18-19H2,1-4H3,(H,30,34). The van der Waals surface area contributed by atoms with E-state index in [1.165, 1.54) is 17.0 Å². The Hall–Kier alpha value is -3.17. The van der Waals surface area contributed by atoms with Gasteiger partial charge in [-0.3, -0.25) is 13.9 Å². The Balaban J connectivity index is 2.01. The zero-order valence-electron chi connectivity index (χ0n) is 21.4. The van der Waals surface area contributed by atoms with E-state index in [1.807, 2.05) is 51.1 Å². The molecule has 2 amide bonds. The lowest BCUT2D eigenvalue weighted by molar-refractivity contribution is -0.139. The maximum Gasteiger partial charge on any atom is 0.264 e. The summed E-state index contributed by atoms with van der Waals surface area (Å²) >= 11 is 3.41. The van der Waals surface area contributed by atoms with Gasteiger partial charge in [-0.1, -0.05) is 58.4 Å². The molecule has 1 atom stereocenters. The van der Waals surface area contributed by atoms with E-state index in [2.05, 4.69) is 21.2 Å². The Kier molecular flexibility index (Phi) is 9.50. The van der Waals surface area contributed by atoms with Crippen molar-refractivity contribution in [3.05, 3.63) is 94.5 Å². The number of aryl methyl sites for hydroxylation is 1. The first kappa shape index (κ1) is 28.4. The number of rotatable bonds is 10. The van der Waals surface area contributed by atoms with Crippen LogP contribution >= 0.6 is 15.9 Å². The summed E-state index contributed by atoms with van der Waals surface area (Å²) in [6.45, 7) is 6.88. The molecule has 0 spiro atoms. The number of nitrogens with zero attached hydrogens (tertiary/aromatic N) is 2. The van der Waals surface area contributed by atoms with E-state index in [0.29, 0.717) is 5.69 Å². The van der Waals surface area contributed by atoms with Gasteiger partial charge in [-0.25, -0.2) is 8.42 Å². The van der Waals surface area contributed by atoms with Crippen molar-refractivity contribution >= 4 is 43.5 Å². The molecule has 0 heterocycles. The van der Waals surface area contributed by atoms with Crippen molar-refractivity contribution in [2.24, 2.45) is 0 Å². The Morgan fingerprint density at radius 1 is 0.919 bits per heavy atom. The van der Waals surface area contributed by atoms with Gasteiger partial charge in [0.1, 0.15) is 12.6 Å². The lowest BCUT2D eigenvalue weighted by Gasteiger charge is -2.32. The first-order chi connectivity index (χ1) is 17.5. The molecular formula is C28H32BrN3O4S. The molecule has 0 saturated heterocycles. The maximum atomic E-state index is 13.8. The number of halogens is 1. The van der Waals surface area contributed by atoms with E-state index in [0.717, 1.165) is 19.9 Å². The van der Waals surface area contributed by atoms with Crippen molar-refractivity contribution < 1.29 is 18.0 Å². The molecule has 196 valence electrons. The smallest absolute Gasteiger partial charge is 0.264 e. The predicted octanol–water partition coefficient (Wildman–Crippen LogP) is 4.89. The number of sulfonamides is 1. The quantitative estimate of drug-likeness (QED) is 0.367. The van der Waals surface area contributed by atoms with E-state index in [1.54, 1.807) is 43.3 Å². The van der Waals surface area contributed by atoms with Crippen LogP contribution in [0, 0.1) is 6.92 Å². The third-order valence-corrected chi connectivity index (χ3v) is 8.08. The van der Waals surface area contributed by atoms with Crippen molar-refractivity contribution in [3.8, 4) is 0 Å². The zero-order chi connectivity index (χ0) is 27.2. The van der Waals surface area contributed by atoms with E-state index in [4.69, 9.17) is 0 Å². The second-order valence-electron chi connectivity index (χ2n) is 9.15. The highest BCUT2D eigenvalue weighted by Gasteiger charge is 2.32. The van der Waals surface area contributed by atoms with Crippen LogP contribution in [0.4, 0.5) is 5.69 Å². The topological polar surface area (TPSA) is 86.8 Å². The summed E-state index contributed by atoms with van der Waals surface area (Å²) in [6, 6.07) is 21.5. The van der Waals surface area contributed by atoms with Gasteiger partial charge in [0.05, 0.1) is 10.6 Å². The summed E-state index contributed by atoms with van der Waals surface area (Å²) in [5.41, 5.74) is 2.04. The Labute approximate surface area is 227 Å². The van der Waals surface area contributed by atoms with Gasteiger partial charge in [0.15, 0.2) is 0 Å². The molecule has 1 N–H and O–H groups in total. The van der Waals surface area contributed by atoms with Crippen molar-refractivity contribution in [1.29, 1.82) is 0 Å². The third-order valence-electron chi connectivity index (χ3n) is 5.76. The maximum absolute atomic E-state index is 13.8. The van der Waals surface area contributed by atoms with Crippen LogP contribution in [0.2, 0.25) is 0 Å². The molecule has 9 heteroatoms. The molecule has 3 aromatic rings. The first-order valence-electron chi connectivity index (χ1n) is 12.0. The number of carbonyl (C=O) groups is 2. The molecule has 0 fully saturated rings. The number of amides is 2. The Morgan fingerprint density at radius 2 is 1.57 bits per heavy atom. The number of hydrogen-bond donors (Lipinski definition) is 1. The summed E-state index contributed by atoms with van der Waals surface area (Å²) in [4.78, 5) is 28.2. The van der Waals surface area contributed by atoms with Crippen molar-refractivity contribution in [3.63, 3.8) is 0 Å². The van der Waals surface area contributed by atoms with Crippen LogP contribution in [-0.4, -0.2) is 43.8 Å². The van der Waals surface area contributed by atoms with Gasteiger partial charge in [-0.05, 0) is 75.2 Å². The number of carbonyl (C=O) groups excluding carboxylic acids is 2. The average Bonchev–Trinajstić information content (AvgIpc) is 2.86. The number of nitrogens with one attached hydrogen (secondary N) is 1. The lowest BCUT2D eigenvalue weighted by atomic mass is 10.1. The third kappa shape index (κ3) is 7.42. The fourth-order valence-electron chi connectivity index (χ4n) is 3.81. The van der Waals surface area contributed by atoms with Crippen LogP contribution in [0.1, 0.15) is 31.9 Å². The summed E-state index contributed by atoms with van der Waals surface area (Å²) in [7, 11) is -4.06. The van der Waals surface area contributed by atoms with Crippen LogP contribution in [0.25, 0.3) is 0 Å². The first-order valence-corrected chi connectivity index (χ1v) is 14.2. The van der Waals surface area contributed by atoms with Gasteiger partial charge < -0.3 is 10.2 Å². The number of hydrogen-bond acceptors (Lipinski definition) is 4. The van der Waals surface area contributed by atoms with Crippen LogP contribution in [0.5, 0.6) is 0 Å². The van der Waals surface area contributed by atoms with Crippen LogP contribution in [0.3, 0.4) is 0 Å². The minimum absolute atomic E-state index is 0.0781. The molecule has 0 bridgehead atoms.